The summed E-state index contributed by atoms with van der Waals surface area (Å²) >= 11 is 3.58. The molecule has 0 fully saturated rings. The molecule has 12 aromatic rings. The molecule has 0 bridgehead atoms. The fourth-order valence-corrected chi connectivity index (χ4v) is 10.3. The molecule has 0 aliphatic heterocycles. The maximum Gasteiger partial charge on any atom is 0.164 e. The summed E-state index contributed by atoms with van der Waals surface area (Å²) in [5.41, 5.74) is 8.97. The molecule has 0 radical (unpaired) electrons. The number of para-hydroxylation sites is 1. The van der Waals surface area contributed by atoms with Gasteiger partial charge in [0.2, 0.25) is 0 Å². The van der Waals surface area contributed by atoms with Gasteiger partial charge in [-0.15, -0.1) is 22.7 Å². The summed E-state index contributed by atoms with van der Waals surface area (Å²) in [7, 11) is 0. The van der Waals surface area contributed by atoms with E-state index < -0.39 is 0 Å². The number of benzene rings is 8. The van der Waals surface area contributed by atoms with Gasteiger partial charge in [0, 0.05) is 53.2 Å². The van der Waals surface area contributed by atoms with Crippen molar-refractivity contribution in [2.75, 3.05) is 0 Å². The highest BCUT2D eigenvalue weighted by Crippen LogP contribution is 2.46. The first-order valence-electron chi connectivity index (χ1n) is 18.8. The molecule has 7 heteroatoms. The Morgan fingerprint density at radius 3 is 1.81 bits per heavy atom. The van der Waals surface area contributed by atoms with Gasteiger partial charge in [-0.2, -0.15) is 0 Å². The molecule has 0 aliphatic carbocycles. The number of nitrogens with zero attached hydrogens (tertiary/aromatic N) is 4. The lowest BCUT2D eigenvalue weighted by Crippen LogP contribution is -2.01. The van der Waals surface area contributed by atoms with Gasteiger partial charge >= 0.3 is 0 Å². The summed E-state index contributed by atoms with van der Waals surface area (Å²) in [5, 5.41) is 7.80. The maximum atomic E-state index is 6.28. The number of hydrogen-bond acceptors (Lipinski definition) is 7. The van der Waals surface area contributed by atoms with Crippen LogP contribution in [0.3, 0.4) is 0 Å². The number of aromatic nitrogens is 4. The minimum absolute atomic E-state index is 0.600. The van der Waals surface area contributed by atoms with Crippen molar-refractivity contribution in [2.45, 2.75) is 0 Å². The first kappa shape index (κ1) is 32.2. The third kappa shape index (κ3) is 5.20. The van der Waals surface area contributed by atoms with Crippen LogP contribution in [0.2, 0.25) is 0 Å². The highest BCUT2D eigenvalue weighted by atomic mass is 32.1. The molecule has 5 nitrogen and oxygen atoms in total. The average Bonchev–Trinajstić information content (AvgIpc) is 3.98. The van der Waals surface area contributed by atoms with E-state index in [1.165, 1.54) is 36.0 Å². The predicted molar refractivity (Wildman–Crippen MR) is 238 cm³/mol. The fraction of sp³-hybridized carbons (Fsp3) is 0. The topological polar surface area (TPSA) is 64.7 Å². The Labute approximate surface area is 334 Å². The molecule has 4 aromatic heterocycles. The minimum Gasteiger partial charge on any atom is -0.456 e. The molecular formula is C50H28N4OS2. The normalized spacial score (nSPS) is 11.9. The van der Waals surface area contributed by atoms with Gasteiger partial charge in [0.05, 0.1) is 10.2 Å². The minimum atomic E-state index is 0.600. The molecule has 12 rings (SSSR count). The molecule has 0 spiro atoms. The Morgan fingerprint density at radius 2 is 0.982 bits per heavy atom. The second kappa shape index (κ2) is 12.7. The van der Waals surface area contributed by atoms with Gasteiger partial charge in [-0.1, -0.05) is 133 Å². The van der Waals surface area contributed by atoms with Crippen LogP contribution in [0, 0.1) is 0 Å². The van der Waals surface area contributed by atoms with E-state index in [2.05, 4.69) is 103 Å². The summed E-state index contributed by atoms with van der Waals surface area (Å²) in [4.78, 5) is 20.6. The third-order valence-corrected chi connectivity index (χ3v) is 13.0. The lowest BCUT2D eigenvalue weighted by molar-refractivity contribution is 0.669. The summed E-state index contributed by atoms with van der Waals surface area (Å²) in [6.07, 6.45) is 0. The van der Waals surface area contributed by atoms with Gasteiger partial charge in [-0.05, 0) is 58.3 Å². The van der Waals surface area contributed by atoms with Gasteiger partial charge in [0.1, 0.15) is 16.2 Å². The number of rotatable bonds is 5. The number of thiazole rings is 1. The predicted octanol–water partition coefficient (Wildman–Crippen LogP) is 14.2. The van der Waals surface area contributed by atoms with E-state index >= 15 is 0 Å². The van der Waals surface area contributed by atoms with Crippen molar-refractivity contribution in [3.05, 3.63) is 170 Å². The van der Waals surface area contributed by atoms with Crippen molar-refractivity contribution in [3.8, 4) is 55.9 Å². The molecule has 0 saturated heterocycles. The molecule has 0 aliphatic rings. The number of thiophene rings is 1. The Balaban J connectivity index is 1.06. The molecule has 266 valence electrons. The molecule has 0 N–H and O–H groups in total. The van der Waals surface area contributed by atoms with E-state index in [4.69, 9.17) is 24.4 Å². The van der Waals surface area contributed by atoms with Crippen LogP contribution in [0.5, 0.6) is 0 Å². The molecule has 0 unspecified atom stereocenters. The van der Waals surface area contributed by atoms with Crippen LogP contribution >= 0.6 is 22.7 Å². The molecule has 8 aromatic carbocycles. The van der Waals surface area contributed by atoms with E-state index in [9.17, 15) is 0 Å². The highest BCUT2D eigenvalue weighted by Gasteiger charge is 2.21. The van der Waals surface area contributed by atoms with Gasteiger partial charge in [0.25, 0.3) is 0 Å². The molecule has 57 heavy (non-hydrogen) atoms. The number of furan rings is 1. The summed E-state index contributed by atoms with van der Waals surface area (Å²) in [6, 6.07) is 59.1. The first-order chi connectivity index (χ1) is 28.2. The quantitative estimate of drug-likeness (QED) is 0.175. The Bertz CT molecular complexity index is 3530. The van der Waals surface area contributed by atoms with Crippen molar-refractivity contribution in [1.29, 1.82) is 0 Å². The van der Waals surface area contributed by atoms with E-state index in [0.29, 0.717) is 17.5 Å². The average molecular weight is 765 g/mol. The molecule has 4 heterocycles. The monoisotopic (exact) mass is 764 g/mol. The molecule has 0 saturated carbocycles. The van der Waals surface area contributed by atoms with Crippen LogP contribution in [-0.2, 0) is 0 Å². The highest BCUT2D eigenvalue weighted by molar-refractivity contribution is 7.26. The lowest BCUT2D eigenvalue weighted by atomic mass is 9.92. The Kier molecular flexibility index (Phi) is 7.20. The van der Waals surface area contributed by atoms with E-state index in [-0.39, 0.29) is 0 Å². The van der Waals surface area contributed by atoms with Gasteiger partial charge < -0.3 is 4.42 Å². The van der Waals surface area contributed by atoms with Crippen molar-refractivity contribution in [2.24, 2.45) is 0 Å². The first-order valence-corrected chi connectivity index (χ1v) is 20.4. The van der Waals surface area contributed by atoms with Crippen molar-refractivity contribution >= 4 is 85.8 Å². The molecule has 0 atom stereocenters. The SMILES string of the molecule is c1ccc(-c2nc(-c3ccc(-c4cccc5sc6cc7nc(-c8ccccc8)sc7cc6c45)c4ccccc34)nc(-c3cccc4oc5ccccc5c34)n2)cc1. The van der Waals surface area contributed by atoms with Gasteiger partial charge in [-0.25, -0.2) is 19.9 Å². The molecular weight excluding hydrogens is 737 g/mol. The fourth-order valence-electron chi connectivity index (χ4n) is 8.20. The van der Waals surface area contributed by atoms with Crippen molar-refractivity contribution in [3.63, 3.8) is 0 Å². The van der Waals surface area contributed by atoms with Crippen molar-refractivity contribution < 1.29 is 4.42 Å². The standard InChI is InChI=1S/C50H28N4OS2/c1-3-13-29(14-4-1)47-52-48(54-49(53-47)37-21-11-23-41-45(37)36-19-9-10-22-40(36)55-41)35-26-25-33(31-17-7-8-18-32(31)35)34-20-12-24-42-46(34)38-27-44-39(28-43(38)56-42)51-50(57-44)30-15-5-2-6-16-30/h1-28H. The van der Waals surface area contributed by atoms with Crippen LogP contribution in [0.25, 0.3) is 119 Å². The summed E-state index contributed by atoms with van der Waals surface area (Å²) in [6.45, 7) is 0. The Hall–Kier alpha value is -7.06. The van der Waals surface area contributed by atoms with Crippen LogP contribution in [0.15, 0.2) is 174 Å². The van der Waals surface area contributed by atoms with Crippen LogP contribution in [0.4, 0.5) is 0 Å². The maximum absolute atomic E-state index is 6.28. The number of fused-ring (bicyclic) bond motifs is 8. The zero-order valence-electron chi connectivity index (χ0n) is 30.2. The smallest absolute Gasteiger partial charge is 0.164 e. The largest absolute Gasteiger partial charge is 0.456 e. The zero-order valence-corrected chi connectivity index (χ0v) is 31.8. The van der Waals surface area contributed by atoms with Crippen LogP contribution < -0.4 is 0 Å². The van der Waals surface area contributed by atoms with E-state index in [1.54, 1.807) is 11.3 Å². The van der Waals surface area contributed by atoms with Crippen LogP contribution in [-0.4, -0.2) is 19.9 Å². The molecule has 0 amide bonds. The van der Waals surface area contributed by atoms with E-state index in [0.717, 1.165) is 65.5 Å². The van der Waals surface area contributed by atoms with Gasteiger partial charge in [0.15, 0.2) is 17.5 Å². The van der Waals surface area contributed by atoms with Crippen molar-refractivity contribution in [1.82, 2.24) is 19.9 Å². The second-order valence-corrected chi connectivity index (χ2v) is 16.3. The van der Waals surface area contributed by atoms with E-state index in [1.807, 2.05) is 78.1 Å². The summed E-state index contributed by atoms with van der Waals surface area (Å²) in [5.74, 6) is 1.84. The second-order valence-electron chi connectivity index (χ2n) is 14.1. The number of hydrogen-bond donors (Lipinski definition) is 0. The zero-order chi connectivity index (χ0) is 37.5. The Morgan fingerprint density at radius 1 is 0.351 bits per heavy atom. The van der Waals surface area contributed by atoms with Crippen LogP contribution in [0.1, 0.15) is 0 Å². The van der Waals surface area contributed by atoms with Gasteiger partial charge in [-0.3, -0.25) is 0 Å². The third-order valence-electron chi connectivity index (χ3n) is 10.8. The summed E-state index contributed by atoms with van der Waals surface area (Å²) < 4.78 is 9.96. The lowest BCUT2D eigenvalue weighted by Gasteiger charge is -2.14.